The molecule has 18 heavy (non-hydrogen) atoms. The summed E-state index contributed by atoms with van der Waals surface area (Å²) in [5.74, 6) is -0.942. The number of benzene rings is 1. The van der Waals surface area contributed by atoms with Crippen molar-refractivity contribution in [1.82, 2.24) is 4.72 Å². The molecule has 0 amide bonds. The average molecular weight is 274 g/mol. The summed E-state index contributed by atoms with van der Waals surface area (Å²) < 4.78 is 38.7. The Hall–Kier alpha value is -1.53. The minimum absolute atomic E-state index is 0.430. The van der Waals surface area contributed by atoms with Gasteiger partial charge in [0.05, 0.1) is 12.7 Å². The number of sulfonamides is 1. The molecule has 0 saturated carbocycles. The summed E-state index contributed by atoms with van der Waals surface area (Å²) >= 11 is 0. The second kappa shape index (κ2) is 5.88. The molecule has 0 heterocycles. The molecule has 0 aliphatic rings. The molecule has 0 aliphatic carbocycles. The molecule has 1 rings (SSSR count). The van der Waals surface area contributed by atoms with E-state index >= 15 is 0 Å². The normalized spacial score (nSPS) is 13.0. The Morgan fingerprint density at radius 2 is 2.17 bits per heavy atom. The molecule has 0 spiro atoms. The molecule has 6 nitrogen and oxygen atoms in total. The summed E-state index contributed by atoms with van der Waals surface area (Å²) in [6, 6.07) is 4.68. The SMILES string of the molecule is N#Cc1c(F)cccc1S(=O)(=O)NCC(O)CO. The van der Waals surface area contributed by atoms with Gasteiger partial charge in [-0.15, -0.1) is 0 Å². The van der Waals surface area contributed by atoms with Crippen molar-refractivity contribution in [3.63, 3.8) is 0 Å². The van der Waals surface area contributed by atoms with Crippen LogP contribution in [0.15, 0.2) is 23.1 Å². The third kappa shape index (κ3) is 3.24. The third-order valence-electron chi connectivity index (χ3n) is 2.10. The number of rotatable bonds is 5. The molecule has 3 N–H and O–H groups in total. The lowest BCUT2D eigenvalue weighted by molar-refractivity contribution is 0.0988. The first-order valence-corrected chi connectivity index (χ1v) is 6.38. The van der Waals surface area contributed by atoms with Crippen LogP contribution in [0.1, 0.15) is 5.56 Å². The van der Waals surface area contributed by atoms with Crippen molar-refractivity contribution in [2.45, 2.75) is 11.0 Å². The number of hydrogen-bond donors (Lipinski definition) is 3. The van der Waals surface area contributed by atoms with Gasteiger partial charge in [0, 0.05) is 6.54 Å². The van der Waals surface area contributed by atoms with Crippen molar-refractivity contribution < 1.29 is 23.0 Å². The van der Waals surface area contributed by atoms with E-state index in [0.717, 1.165) is 18.2 Å². The fourth-order valence-electron chi connectivity index (χ4n) is 1.18. The predicted molar refractivity (Wildman–Crippen MR) is 59.4 cm³/mol. The monoisotopic (exact) mass is 274 g/mol. The van der Waals surface area contributed by atoms with Crippen LogP contribution in [0.25, 0.3) is 0 Å². The van der Waals surface area contributed by atoms with Crippen molar-refractivity contribution in [3.8, 4) is 6.07 Å². The summed E-state index contributed by atoms with van der Waals surface area (Å²) in [6.07, 6.45) is -1.26. The molecule has 1 unspecified atom stereocenters. The van der Waals surface area contributed by atoms with E-state index in [1.807, 2.05) is 4.72 Å². The maximum Gasteiger partial charge on any atom is 0.242 e. The van der Waals surface area contributed by atoms with E-state index in [2.05, 4.69) is 0 Å². The molecule has 1 aromatic rings. The maximum absolute atomic E-state index is 13.2. The zero-order valence-corrected chi connectivity index (χ0v) is 9.98. The first kappa shape index (κ1) is 14.5. The topological polar surface area (TPSA) is 110 Å². The zero-order valence-electron chi connectivity index (χ0n) is 9.17. The third-order valence-corrected chi connectivity index (χ3v) is 3.56. The average Bonchev–Trinajstić information content (AvgIpc) is 2.35. The number of nitrogens with zero attached hydrogens (tertiary/aromatic N) is 1. The van der Waals surface area contributed by atoms with Gasteiger partial charge in [0.25, 0.3) is 0 Å². The van der Waals surface area contributed by atoms with E-state index in [9.17, 15) is 12.8 Å². The smallest absolute Gasteiger partial charge is 0.242 e. The number of aliphatic hydroxyl groups excluding tert-OH is 2. The van der Waals surface area contributed by atoms with Gasteiger partial charge in [0.1, 0.15) is 22.3 Å². The van der Waals surface area contributed by atoms with Gasteiger partial charge >= 0.3 is 0 Å². The molecule has 0 fully saturated rings. The highest BCUT2D eigenvalue weighted by atomic mass is 32.2. The molecular formula is C10H11FN2O4S. The van der Waals surface area contributed by atoms with Crippen molar-refractivity contribution in [3.05, 3.63) is 29.6 Å². The summed E-state index contributed by atoms with van der Waals surface area (Å²) in [5.41, 5.74) is -0.594. The highest BCUT2D eigenvalue weighted by Crippen LogP contribution is 2.17. The van der Waals surface area contributed by atoms with Gasteiger partial charge in [-0.05, 0) is 12.1 Å². The number of nitrogens with one attached hydrogen (secondary N) is 1. The molecule has 0 aliphatic heterocycles. The van der Waals surface area contributed by atoms with Gasteiger partial charge in [0.2, 0.25) is 10.0 Å². The molecule has 0 radical (unpaired) electrons. The Labute approximate surface area is 103 Å². The Morgan fingerprint density at radius 1 is 1.50 bits per heavy atom. The quantitative estimate of drug-likeness (QED) is 0.659. The Morgan fingerprint density at radius 3 is 2.72 bits per heavy atom. The first-order valence-electron chi connectivity index (χ1n) is 4.89. The second-order valence-corrected chi connectivity index (χ2v) is 5.15. The Bertz CT molecular complexity index is 568. The first-order chi connectivity index (χ1) is 8.42. The van der Waals surface area contributed by atoms with Crippen LogP contribution in [-0.4, -0.2) is 37.9 Å². The molecule has 1 atom stereocenters. The minimum Gasteiger partial charge on any atom is -0.394 e. The summed E-state index contributed by atoms with van der Waals surface area (Å²) in [7, 11) is -4.11. The Kier molecular flexibility index (Phi) is 4.75. The van der Waals surface area contributed by atoms with E-state index in [0.29, 0.717) is 0 Å². The molecular weight excluding hydrogens is 263 g/mol. The van der Waals surface area contributed by atoms with Crippen LogP contribution in [0.2, 0.25) is 0 Å². The molecule has 0 aromatic heterocycles. The standard InChI is InChI=1S/C10H11FN2O4S/c11-9-2-1-3-10(8(9)4-12)18(16,17)13-5-7(15)6-14/h1-3,7,13-15H,5-6H2. The van der Waals surface area contributed by atoms with Crippen molar-refractivity contribution in [1.29, 1.82) is 5.26 Å². The summed E-state index contributed by atoms with van der Waals surface area (Å²) in [4.78, 5) is -0.505. The van der Waals surface area contributed by atoms with Gasteiger partial charge in [0.15, 0.2) is 0 Å². The molecule has 8 heteroatoms. The van der Waals surface area contributed by atoms with Crippen LogP contribution < -0.4 is 4.72 Å². The van der Waals surface area contributed by atoms with Crippen molar-refractivity contribution >= 4 is 10.0 Å². The van der Waals surface area contributed by atoms with Crippen LogP contribution in [0.3, 0.4) is 0 Å². The van der Waals surface area contributed by atoms with Crippen LogP contribution >= 0.6 is 0 Å². The Balaban J connectivity index is 3.07. The van der Waals surface area contributed by atoms with E-state index in [4.69, 9.17) is 15.5 Å². The molecule has 0 saturated heterocycles. The van der Waals surface area contributed by atoms with Gasteiger partial charge in [-0.2, -0.15) is 5.26 Å². The fourth-order valence-corrected chi connectivity index (χ4v) is 2.42. The zero-order chi connectivity index (χ0) is 13.8. The van der Waals surface area contributed by atoms with E-state index in [1.165, 1.54) is 6.07 Å². The molecule has 0 bridgehead atoms. The lowest BCUT2D eigenvalue weighted by Gasteiger charge is -2.10. The van der Waals surface area contributed by atoms with Crippen LogP contribution in [0.5, 0.6) is 0 Å². The van der Waals surface area contributed by atoms with Crippen LogP contribution in [0.4, 0.5) is 4.39 Å². The van der Waals surface area contributed by atoms with Crippen molar-refractivity contribution in [2.24, 2.45) is 0 Å². The highest BCUT2D eigenvalue weighted by Gasteiger charge is 2.21. The lowest BCUT2D eigenvalue weighted by atomic mass is 10.2. The van der Waals surface area contributed by atoms with E-state index < -0.39 is 45.6 Å². The highest BCUT2D eigenvalue weighted by molar-refractivity contribution is 7.89. The fraction of sp³-hybridized carbons (Fsp3) is 0.300. The van der Waals surface area contributed by atoms with Gasteiger partial charge in [-0.1, -0.05) is 6.07 Å². The number of halogens is 1. The number of aliphatic hydroxyl groups is 2. The summed E-state index contributed by atoms with van der Waals surface area (Å²) in [5, 5.41) is 26.3. The van der Waals surface area contributed by atoms with Crippen LogP contribution in [-0.2, 0) is 10.0 Å². The maximum atomic E-state index is 13.2. The van der Waals surface area contributed by atoms with Crippen molar-refractivity contribution in [2.75, 3.05) is 13.2 Å². The summed E-state index contributed by atoms with van der Waals surface area (Å²) in [6.45, 7) is -1.04. The largest absolute Gasteiger partial charge is 0.394 e. The number of nitriles is 1. The van der Waals surface area contributed by atoms with Gasteiger partial charge in [-0.25, -0.2) is 17.5 Å². The predicted octanol–water partition coefficient (Wildman–Crippen LogP) is -0.671. The van der Waals surface area contributed by atoms with E-state index in [-0.39, 0.29) is 0 Å². The lowest BCUT2D eigenvalue weighted by Crippen LogP contribution is -2.34. The minimum atomic E-state index is -4.11. The van der Waals surface area contributed by atoms with Crippen LogP contribution in [0, 0.1) is 17.1 Å². The second-order valence-electron chi connectivity index (χ2n) is 3.41. The number of hydrogen-bond acceptors (Lipinski definition) is 5. The molecule has 98 valence electrons. The van der Waals surface area contributed by atoms with Gasteiger partial charge < -0.3 is 10.2 Å². The van der Waals surface area contributed by atoms with E-state index in [1.54, 1.807) is 0 Å². The van der Waals surface area contributed by atoms with Gasteiger partial charge in [-0.3, -0.25) is 0 Å². The molecule has 1 aromatic carbocycles.